The monoisotopic (exact) mass is 492 g/mol. The Kier molecular flexibility index (Phi) is 7.07. The normalized spacial score (nSPS) is 15.9. The number of benzene rings is 2. The Hall–Kier alpha value is -3.61. The quantitative estimate of drug-likeness (QED) is 0.214. The van der Waals surface area contributed by atoms with Crippen LogP contribution in [0.3, 0.4) is 0 Å². The smallest absolute Gasteiger partial charge is 0.333 e. The first-order valence-corrected chi connectivity index (χ1v) is 11.8. The van der Waals surface area contributed by atoms with Gasteiger partial charge in [-0.3, -0.25) is 15.3 Å². The number of hydrogen-bond donors (Lipinski definition) is 6. The van der Waals surface area contributed by atoms with E-state index in [9.17, 15) is 14.7 Å². The van der Waals surface area contributed by atoms with E-state index in [1.807, 2.05) is 30.3 Å². The topological polar surface area (TPSA) is 152 Å². The molecule has 1 saturated heterocycles. The lowest BCUT2D eigenvalue weighted by Crippen LogP contribution is -2.49. The van der Waals surface area contributed by atoms with E-state index >= 15 is 0 Å². The number of morpholine rings is 1. The van der Waals surface area contributed by atoms with Crippen LogP contribution in [0.5, 0.6) is 0 Å². The fourth-order valence-electron chi connectivity index (χ4n) is 4.40. The Bertz CT molecular complexity index is 1250. The van der Waals surface area contributed by atoms with Crippen LogP contribution in [0.1, 0.15) is 21.5 Å². The lowest BCUT2D eigenvalue weighted by Gasteiger charge is -2.27. The number of hydrazine groups is 1. The van der Waals surface area contributed by atoms with Crippen LogP contribution in [0, 0.1) is 0 Å². The number of aromatic amines is 1. The molecule has 1 aliphatic carbocycles. The zero-order chi connectivity index (χ0) is 25.1. The minimum absolute atomic E-state index is 0.199. The molecule has 0 saturated carbocycles. The van der Waals surface area contributed by atoms with Crippen molar-refractivity contribution >= 4 is 17.5 Å². The summed E-state index contributed by atoms with van der Waals surface area (Å²) in [5.41, 5.74) is 7.79. The third-order valence-corrected chi connectivity index (χ3v) is 6.22. The minimum atomic E-state index is -0.798. The molecule has 1 unspecified atom stereocenters. The van der Waals surface area contributed by atoms with Gasteiger partial charge in [-0.1, -0.05) is 36.4 Å². The first kappa shape index (κ1) is 24.1. The Morgan fingerprint density at radius 3 is 2.67 bits per heavy atom. The SMILES string of the molecule is O=C(Nc1cccc2c1C(=O)c1c(-c3ccc(CNCC(O)CO)cc3)n[nH]c1-2)NN1CCOCC1. The van der Waals surface area contributed by atoms with Crippen molar-refractivity contribution in [3.63, 3.8) is 0 Å². The molecule has 1 aromatic heterocycles. The molecule has 2 amide bonds. The largest absolute Gasteiger partial charge is 0.394 e. The first-order chi connectivity index (χ1) is 17.5. The van der Waals surface area contributed by atoms with Crippen LogP contribution < -0.4 is 16.1 Å². The minimum Gasteiger partial charge on any atom is -0.394 e. The first-order valence-electron chi connectivity index (χ1n) is 11.8. The molecule has 2 heterocycles. The molecule has 1 atom stereocenters. The summed E-state index contributed by atoms with van der Waals surface area (Å²) in [4.78, 5) is 26.1. The molecule has 0 bridgehead atoms. The van der Waals surface area contributed by atoms with E-state index in [1.54, 1.807) is 17.1 Å². The van der Waals surface area contributed by atoms with Crippen molar-refractivity contribution < 1.29 is 24.5 Å². The average molecular weight is 493 g/mol. The van der Waals surface area contributed by atoms with Crippen molar-refractivity contribution in [3.8, 4) is 22.5 Å². The van der Waals surface area contributed by atoms with Gasteiger partial charge in [-0.15, -0.1) is 0 Å². The van der Waals surface area contributed by atoms with Crippen molar-refractivity contribution in [3.05, 3.63) is 59.2 Å². The zero-order valence-corrected chi connectivity index (χ0v) is 19.6. The van der Waals surface area contributed by atoms with Crippen molar-refractivity contribution in [2.24, 2.45) is 0 Å². The van der Waals surface area contributed by atoms with Crippen molar-refractivity contribution in [2.45, 2.75) is 12.6 Å². The van der Waals surface area contributed by atoms with Gasteiger partial charge >= 0.3 is 6.03 Å². The highest BCUT2D eigenvalue weighted by atomic mass is 16.5. The molecule has 188 valence electrons. The summed E-state index contributed by atoms with van der Waals surface area (Å²) in [5, 5.41) is 33.4. The number of nitrogens with one attached hydrogen (secondary N) is 4. The molecule has 2 aromatic carbocycles. The summed E-state index contributed by atoms with van der Waals surface area (Å²) in [6, 6.07) is 12.5. The Labute approximate surface area is 207 Å². The van der Waals surface area contributed by atoms with Gasteiger partial charge in [0, 0.05) is 37.3 Å². The van der Waals surface area contributed by atoms with Crippen LogP contribution >= 0.6 is 0 Å². The number of hydrogen-bond acceptors (Lipinski definition) is 8. The summed E-state index contributed by atoms with van der Waals surface area (Å²) < 4.78 is 5.30. The van der Waals surface area contributed by atoms with E-state index in [1.165, 1.54) is 0 Å². The number of rotatable bonds is 8. The van der Waals surface area contributed by atoms with Crippen LogP contribution in [0.4, 0.5) is 10.5 Å². The number of anilines is 1. The molecule has 6 N–H and O–H groups in total. The number of ketones is 1. The molecular formula is C25H28N6O5. The number of aromatic nitrogens is 2. The van der Waals surface area contributed by atoms with Gasteiger partial charge in [-0.25, -0.2) is 9.80 Å². The van der Waals surface area contributed by atoms with Crippen molar-refractivity contribution in [1.82, 2.24) is 25.9 Å². The Balaban J connectivity index is 1.32. The van der Waals surface area contributed by atoms with Gasteiger partial charge < -0.3 is 25.6 Å². The second-order valence-electron chi connectivity index (χ2n) is 8.71. The molecule has 0 spiro atoms. The molecule has 3 aromatic rings. The number of amides is 2. The maximum Gasteiger partial charge on any atom is 0.333 e. The number of nitrogens with zero attached hydrogens (tertiary/aromatic N) is 2. The molecule has 36 heavy (non-hydrogen) atoms. The highest BCUT2D eigenvalue weighted by Gasteiger charge is 2.35. The lowest BCUT2D eigenvalue weighted by molar-refractivity contribution is 0.0207. The molecule has 2 aliphatic rings. The molecule has 11 heteroatoms. The van der Waals surface area contributed by atoms with Gasteiger partial charge in [0.1, 0.15) is 5.69 Å². The lowest BCUT2D eigenvalue weighted by atomic mass is 10.0. The van der Waals surface area contributed by atoms with Gasteiger partial charge in [0.2, 0.25) is 0 Å². The van der Waals surface area contributed by atoms with Crippen molar-refractivity contribution in [1.29, 1.82) is 0 Å². The van der Waals surface area contributed by atoms with Gasteiger partial charge in [0.05, 0.1) is 48.4 Å². The van der Waals surface area contributed by atoms with E-state index in [0.717, 1.165) is 11.1 Å². The fraction of sp³-hybridized carbons (Fsp3) is 0.320. The number of ether oxygens (including phenoxy) is 1. The number of carbonyl (C=O) groups excluding carboxylic acids is 2. The molecule has 0 radical (unpaired) electrons. The molecular weight excluding hydrogens is 464 g/mol. The molecule has 5 rings (SSSR count). The molecule has 1 aliphatic heterocycles. The van der Waals surface area contributed by atoms with Crippen LogP contribution in [-0.2, 0) is 11.3 Å². The van der Waals surface area contributed by atoms with Crippen LogP contribution in [0.25, 0.3) is 22.5 Å². The number of aliphatic hydroxyl groups excluding tert-OH is 2. The maximum atomic E-state index is 13.5. The number of carbonyl (C=O) groups is 2. The number of aliphatic hydroxyl groups is 2. The van der Waals surface area contributed by atoms with E-state index in [-0.39, 0.29) is 12.4 Å². The van der Waals surface area contributed by atoms with Crippen LogP contribution in [0.15, 0.2) is 42.5 Å². The third kappa shape index (κ3) is 4.87. The number of fused-ring (bicyclic) bond motifs is 3. The highest BCUT2D eigenvalue weighted by Crippen LogP contribution is 2.42. The van der Waals surface area contributed by atoms with Crippen molar-refractivity contribution in [2.75, 3.05) is 44.8 Å². The second-order valence-corrected chi connectivity index (χ2v) is 8.71. The summed E-state index contributed by atoms with van der Waals surface area (Å²) in [5.74, 6) is -0.199. The van der Waals surface area contributed by atoms with Gasteiger partial charge in [0.15, 0.2) is 5.78 Å². The van der Waals surface area contributed by atoms with E-state index in [4.69, 9.17) is 9.84 Å². The number of urea groups is 1. The third-order valence-electron chi connectivity index (χ3n) is 6.22. The summed E-state index contributed by atoms with van der Waals surface area (Å²) in [6.07, 6.45) is -0.798. The summed E-state index contributed by atoms with van der Waals surface area (Å²) in [6.45, 7) is 2.82. The Morgan fingerprint density at radius 2 is 1.92 bits per heavy atom. The summed E-state index contributed by atoms with van der Waals surface area (Å²) >= 11 is 0. The van der Waals surface area contributed by atoms with Gasteiger partial charge in [0.25, 0.3) is 0 Å². The van der Waals surface area contributed by atoms with Gasteiger partial charge in [-0.2, -0.15) is 5.10 Å². The average Bonchev–Trinajstić information content (AvgIpc) is 3.45. The standard InChI is InChI=1S/C25H28N6O5/c32-14-17(33)13-26-12-15-4-6-16(7-5-15)22-21-23(29-28-22)18-2-1-3-19(20(18)24(21)34)27-25(35)30-31-8-10-36-11-9-31/h1-7,17,26,32-33H,8-14H2,(H,28,29)(H2,27,30,35). The summed E-state index contributed by atoms with van der Waals surface area (Å²) in [7, 11) is 0. The predicted octanol–water partition coefficient (Wildman–Crippen LogP) is 1.10. The molecule has 1 fully saturated rings. The van der Waals surface area contributed by atoms with E-state index < -0.39 is 12.1 Å². The number of H-pyrrole nitrogens is 1. The fourth-order valence-corrected chi connectivity index (χ4v) is 4.40. The second kappa shape index (κ2) is 10.6. The van der Waals surface area contributed by atoms with Gasteiger partial charge in [-0.05, 0) is 11.6 Å². The van der Waals surface area contributed by atoms with E-state index in [0.29, 0.717) is 73.2 Å². The van der Waals surface area contributed by atoms with Crippen LogP contribution in [0.2, 0.25) is 0 Å². The molecule has 11 nitrogen and oxygen atoms in total. The predicted molar refractivity (Wildman–Crippen MR) is 132 cm³/mol. The van der Waals surface area contributed by atoms with Crippen LogP contribution in [-0.4, -0.2) is 82.8 Å². The van der Waals surface area contributed by atoms with E-state index in [2.05, 4.69) is 26.3 Å². The highest BCUT2D eigenvalue weighted by molar-refractivity contribution is 6.26. The maximum absolute atomic E-state index is 13.5. The Morgan fingerprint density at radius 1 is 1.14 bits per heavy atom. The zero-order valence-electron chi connectivity index (χ0n) is 19.6.